The molecule has 4 rings (SSSR count). The Morgan fingerprint density at radius 2 is 1.53 bits per heavy atom. The van der Waals surface area contributed by atoms with Crippen LogP contribution in [0.15, 0.2) is 59.3 Å². The SMILES string of the molecule is CCCCCCCCCCCNc1cc(Oc2ccc3oc4ccccc4c3c2)ncn1. The first-order valence-corrected chi connectivity index (χ1v) is 12.0. The number of furan rings is 1. The molecule has 0 aliphatic carbocycles. The number of hydrogen-bond acceptors (Lipinski definition) is 5. The van der Waals surface area contributed by atoms with E-state index in [1.807, 2.05) is 42.5 Å². The fraction of sp³-hybridized carbons (Fsp3) is 0.407. The van der Waals surface area contributed by atoms with Crippen molar-refractivity contribution in [1.82, 2.24) is 9.97 Å². The fourth-order valence-corrected chi connectivity index (χ4v) is 4.03. The zero-order valence-electron chi connectivity index (χ0n) is 19.0. The van der Waals surface area contributed by atoms with Crippen molar-refractivity contribution < 1.29 is 9.15 Å². The monoisotopic (exact) mass is 431 g/mol. The molecule has 0 unspecified atom stereocenters. The van der Waals surface area contributed by atoms with Gasteiger partial charge in [0.1, 0.15) is 29.1 Å². The lowest BCUT2D eigenvalue weighted by Gasteiger charge is -2.08. The molecule has 0 atom stereocenters. The molecule has 0 aliphatic heterocycles. The second kappa shape index (κ2) is 11.5. The first-order chi connectivity index (χ1) is 15.8. The van der Waals surface area contributed by atoms with Gasteiger partial charge in [0, 0.05) is 23.4 Å². The number of aromatic nitrogens is 2. The van der Waals surface area contributed by atoms with Gasteiger partial charge in [0.15, 0.2) is 0 Å². The minimum absolute atomic E-state index is 0.529. The second-order valence-corrected chi connectivity index (χ2v) is 8.35. The first kappa shape index (κ1) is 22.1. The van der Waals surface area contributed by atoms with Crippen LogP contribution in [0.4, 0.5) is 5.82 Å². The highest BCUT2D eigenvalue weighted by molar-refractivity contribution is 6.05. The van der Waals surface area contributed by atoms with Gasteiger partial charge in [-0.3, -0.25) is 0 Å². The largest absolute Gasteiger partial charge is 0.456 e. The molecule has 2 heterocycles. The molecular formula is C27H33N3O2. The molecule has 2 aromatic heterocycles. The van der Waals surface area contributed by atoms with E-state index in [9.17, 15) is 0 Å². The van der Waals surface area contributed by atoms with Crippen LogP contribution in [-0.2, 0) is 0 Å². The number of ether oxygens (including phenoxy) is 1. The van der Waals surface area contributed by atoms with Crippen LogP contribution in [0.2, 0.25) is 0 Å². The Morgan fingerprint density at radius 1 is 0.781 bits per heavy atom. The Kier molecular flexibility index (Phi) is 7.96. The van der Waals surface area contributed by atoms with Gasteiger partial charge in [0.2, 0.25) is 5.88 Å². The number of fused-ring (bicyclic) bond motifs is 3. The van der Waals surface area contributed by atoms with E-state index >= 15 is 0 Å². The Balaban J connectivity index is 1.25. The third kappa shape index (κ3) is 6.00. The molecule has 168 valence electrons. The predicted octanol–water partition coefficient (Wildman–Crippen LogP) is 8.11. The third-order valence-corrected chi connectivity index (χ3v) is 5.80. The van der Waals surface area contributed by atoms with Crippen LogP contribution in [0.25, 0.3) is 21.9 Å². The summed E-state index contributed by atoms with van der Waals surface area (Å²) in [7, 11) is 0. The highest BCUT2D eigenvalue weighted by Gasteiger charge is 2.09. The van der Waals surface area contributed by atoms with E-state index in [4.69, 9.17) is 9.15 Å². The van der Waals surface area contributed by atoms with Crippen molar-refractivity contribution >= 4 is 27.8 Å². The van der Waals surface area contributed by atoms with Crippen LogP contribution in [0, 0.1) is 0 Å². The van der Waals surface area contributed by atoms with E-state index in [1.165, 1.54) is 51.4 Å². The van der Waals surface area contributed by atoms with Gasteiger partial charge in [-0.25, -0.2) is 9.97 Å². The summed E-state index contributed by atoms with van der Waals surface area (Å²) in [5, 5.41) is 5.51. The summed E-state index contributed by atoms with van der Waals surface area (Å²) < 4.78 is 11.9. The standard InChI is InChI=1S/C27H33N3O2/c1-2-3-4-5-6-7-8-9-12-17-28-26-19-27(30-20-29-26)31-21-15-16-25-23(18-21)22-13-10-11-14-24(22)32-25/h10-11,13-16,18-20H,2-9,12,17H2,1H3,(H,28,29,30). The Hall–Kier alpha value is -3.08. The summed E-state index contributed by atoms with van der Waals surface area (Å²) in [5.74, 6) is 2.05. The number of anilines is 1. The highest BCUT2D eigenvalue weighted by atomic mass is 16.5. The Morgan fingerprint density at radius 3 is 2.38 bits per heavy atom. The number of rotatable bonds is 13. The first-order valence-electron chi connectivity index (χ1n) is 12.0. The van der Waals surface area contributed by atoms with Gasteiger partial charge in [-0.05, 0) is 30.7 Å². The van der Waals surface area contributed by atoms with Gasteiger partial charge in [-0.1, -0.05) is 76.5 Å². The summed E-state index contributed by atoms with van der Waals surface area (Å²) in [6, 6.07) is 15.7. The summed E-state index contributed by atoms with van der Waals surface area (Å²) in [6.45, 7) is 3.18. The van der Waals surface area contributed by atoms with Crippen LogP contribution >= 0.6 is 0 Å². The molecule has 0 fully saturated rings. The molecular weight excluding hydrogens is 398 g/mol. The molecule has 0 amide bonds. The number of para-hydroxylation sites is 1. The van der Waals surface area contributed by atoms with Crippen molar-refractivity contribution in [3.8, 4) is 11.6 Å². The molecule has 0 saturated heterocycles. The van der Waals surface area contributed by atoms with Gasteiger partial charge in [0.25, 0.3) is 0 Å². The third-order valence-electron chi connectivity index (χ3n) is 5.80. The number of nitrogens with one attached hydrogen (secondary N) is 1. The van der Waals surface area contributed by atoms with Crippen molar-refractivity contribution in [1.29, 1.82) is 0 Å². The van der Waals surface area contributed by atoms with Crippen molar-refractivity contribution in [3.63, 3.8) is 0 Å². The van der Waals surface area contributed by atoms with Crippen molar-refractivity contribution in [2.75, 3.05) is 11.9 Å². The van der Waals surface area contributed by atoms with Gasteiger partial charge in [-0.2, -0.15) is 0 Å². The lowest BCUT2D eigenvalue weighted by Crippen LogP contribution is -2.04. The highest BCUT2D eigenvalue weighted by Crippen LogP contribution is 2.32. The van der Waals surface area contributed by atoms with Crippen LogP contribution in [0.1, 0.15) is 64.7 Å². The van der Waals surface area contributed by atoms with Crippen LogP contribution in [0.5, 0.6) is 11.6 Å². The van der Waals surface area contributed by atoms with Gasteiger partial charge in [-0.15, -0.1) is 0 Å². The normalized spacial score (nSPS) is 11.3. The molecule has 0 aliphatic rings. The Labute approximate surface area is 190 Å². The molecule has 2 aromatic carbocycles. The molecule has 32 heavy (non-hydrogen) atoms. The molecule has 0 bridgehead atoms. The molecule has 0 radical (unpaired) electrons. The number of unbranched alkanes of at least 4 members (excludes halogenated alkanes) is 8. The van der Waals surface area contributed by atoms with E-state index in [2.05, 4.69) is 28.3 Å². The number of hydrogen-bond donors (Lipinski definition) is 1. The molecule has 0 saturated carbocycles. The maximum Gasteiger partial charge on any atom is 0.224 e. The minimum Gasteiger partial charge on any atom is -0.456 e. The summed E-state index contributed by atoms with van der Waals surface area (Å²) >= 11 is 0. The van der Waals surface area contributed by atoms with E-state index in [1.54, 1.807) is 6.33 Å². The van der Waals surface area contributed by atoms with E-state index < -0.39 is 0 Å². The predicted molar refractivity (Wildman–Crippen MR) is 132 cm³/mol. The zero-order valence-corrected chi connectivity index (χ0v) is 19.0. The summed E-state index contributed by atoms with van der Waals surface area (Å²) in [6.07, 6.45) is 13.5. The van der Waals surface area contributed by atoms with Crippen LogP contribution < -0.4 is 10.1 Å². The Bertz CT molecular complexity index is 1120. The van der Waals surface area contributed by atoms with Gasteiger partial charge in [0.05, 0.1) is 0 Å². The average molecular weight is 432 g/mol. The molecule has 5 heteroatoms. The molecule has 4 aromatic rings. The van der Waals surface area contributed by atoms with E-state index in [0.29, 0.717) is 5.88 Å². The summed E-state index contributed by atoms with van der Waals surface area (Å²) in [4.78, 5) is 8.59. The zero-order chi connectivity index (χ0) is 22.0. The van der Waals surface area contributed by atoms with Gasteiger partial charge >= 0.3 is 0 Å². The minimum atomic E-state index is 0.529. The van der Waals surface area contributed by atoms with E-state index in [-0.39, 0.29) is 0 Å². The summed E-state index contributed by atoms with van der Waals surface area (Å²) in [5.41, 5.74) is 1.73. The average Bonchev–Trinajstić information content (AvgIpc) is 3.19. The quantitative estimate of drug-likeness (QED) is 0.217. The maximum absolute atomic E-state index is 6.01. The number of nitrogens with zero attached hydrogens (tertiary/aromatic N) is 2. The van der Waals surface area contributed by atoms with E-state index in [0.717, 1.165) is 46.5 Å². The smallest absolute Gasteiger partial charge is 0.224 e. The molecule has 0 spiro atoms. The maximum atomic E-state index is 6.01. The molecule has 5 nitrogen and oxygen atoms in total. The van der Waals surface area contributed by atoms with Crippen molar-refractivity contribution in [3.05, 3.63) is 54.9 Å². The topological polar surface area (TPSA) is 60.2 Å². The second-order valence-electron chi connectivity index (χ2n) is 8.35. The van der Waals surface area contributed by atoms with Crippen molar-refractivity contribution in [2.45, 2.75) is 64.7 Å². The molecule has 1 N–H and O–H groups in total. The number of benzene rings is 2. The lowest BCUT2D eigenvalue weighted by molar-refractivity contribution is 0.462. The fourth-order valence-electron chi connectivity index (χ4n) is 4.03. The van der Waals surface area contributed by atoms with Gasteiger partial charge < -0.3 is 14.5 Å². The van der Waals surface area contributed by atoms with Crippen LogP contribution in [0.3, 0.4) is 0 Å². The lowest BCUT2D eigenvalue weighted by atomic mass is 10.1. The van der Waals surface area contributed by atoms with Crippen molar-refractivity contribution in [2.24, 2.45) is 0 Å². The van der Waals surface area contributed by atoms with Crippen LogP contribution in [-0.4, -0.2) is 16.5 Å².